The van der Waals surface area contributed by atoms with Crippen molar-refractivity contribution >= 4 is 35.3 Å². The van der Waals surface area contributed by atoms with E-state index in [9.17, 15) is 14.4 Å². The van der Waals surface area contributed by atoms with Crippen molar-refractivity contribution in [2.45, 2.75) is 6.54 Å². The lowest BCUT2D eigenvalue weighted by atomic mass is 10.1. The Hall–Kier alpha value is -2.67. The molecule has 1 fully saturated rings. The van der Waals surface area contributed by atoms with Gasteiger partial charge in [-0.1, -0.05) is 6.07 Å². The highest BCUT2D eigenvalue weighted by atomic mass is 32.1. The lowest BCUT2D eigenvalue weighted by molar-refractivity contribution is -0.130. The lowest BCUT2D eigenvalue weighted by Crippen LogP contribution is -2.53. The van der Waals surface area contributed by atoms with E-state index in [0.29, 0.717) is 5.76 Å². The number of rotatable bonds is 3. The van der Waals surface area contributed by atoms with Crippen LogP contribution in [0, 0.1) is 0 Å². The van der Waals surface area contributed by atoms with E-state index in [4.69, 9.17) is 4.42 Å². The number of amides is 4. The van der Waals surface area contributed by atoms with Crippen molar-refractivity contribution in [3.8, 4) is 0 Å². The average Bonchev–Trinajstić information content (AvgIpc) is 3.13. The Morgan fingerprint density at radius 3 is 2.76 bits per heavy atom. The van der Waals surface area contributed by atoms with Gasteiger partial charge in [0.05, 0.1) is 12.8 Å². The van der Waals surface area contributed by atoms with Gasteiger partial charge >= 0.3 is 6.03 Å². The predicted molar refractivity (Wildman–Crippen MR) is 75.1 cm³/mol. The van der Waals surface area contributed by atoms with Crippen molar-refractivity contribution in [1.82, 2.24) is 10.2 Å². The Balaban J connectivity index is 1.90. The van der Waals surface area contributed by atoms with Gasteiger partial charge in [0, 0.05) is 4.88 Å². The first-order valence-electron chi connectivity index (χ1n) is 6.10. The van der Waals surface area contributed by atoms with Gasteiger partial charge in [-0.25, -0.2) is 4.79 Å². The number of urea groups is 1. The van der Waals surface area contributed by atoms with Crippen molar-refractivity contribution in [2.75, 3.05) is 0 Å². The van der Waals surface area contributed by atoms with Gasteiger partial charge in [-0.3, -0.25) is 19.8 Å². The normalized spacial score (nSPS) is 17.4. The van der Waals surface area contributed by atoms with Crippen LogP contribution in [0.3, 0.4) is 0 Å². The largest absolute Gasteiger partial charge is 0.467 e. The van der Waals surface area contributed by atoms with Crippen LogP contribution in [-0.2, 0) is 16.1 Å². The van der Waals surface area contributed by atoms with Crippen LogP contribution in [0.5, 0.6) is 0 Å². The molecule has 7 heteroatoms. The minimum atomic E-state index is -0.746. The quantitative estimate of drug-likeness (QED) is 0.694. The molecule has 1 aliphatic heterocycles. The Morgan fingerprint density at radius 1 is 1.24 bits per heavy atom. The van der Waals surface area contributed by atoms with Gasteiger partial charge in [0.1, 0.15) is 11.3 Å². The number of nitrogens with zero attached hydrogens (tertiary/aromatic N) is 1. The Labute approximate surface area is 123 Å². The summed E-state index contributed by atoms with van der Waals surface area (Å²) in [6.07, 6.45) is 2.93. The average molecular weight is 302 g/mol. The molecule has 0 bridgehead atoms. The summed E-state index contributed by atoms with van der Waals surface area (Å²) in [5, 5.41) is 3.99. The Kier molecular flexibility index (Phi) is 3.41. The highest BCUT2D eigenvalue weighted by molar-refractivity contribution is 7.10. The zero-order chi connectivity index (χ0) is 14.8. The number of imide groups is 2. The standard InChI is InChI=1S/C14H10N2O4S/c17-12-11(7-10-4-2-6-21-10)13(18)16(14(19)15-12)8-9-3-1-5-20-9/h1-7H,8H2,(H,15,17,19)/b11-7+. The third-order valence-corrected chi connectivity index (χ3v) is 3.73. The molecule has 6 nitrogen and oxygen atoms in total. The SMILES string of the molecule is O=C1NC(=O)N(Cc2ccco2)C(=O)/C1=C/c1cccs1. The molecule has 4 amide bonds. The van der Waals surface area contributed by atoms with E-state index in [1.807, 2.05) is 11.4 Å². The second kappa shape index (κ2) is 5.37. The summed E-state index contributed by atoms with van der Waals surface area (Å²) in [4.78, 5) is 37.7. The molecule has 1 N–H and O–H groups in total. The molecule has 0 unspecified atom stereocenters. The van der Waals surface area contributed by atoms with Crippen molar-refractivity contribution in [1.29, 1.82) is 0 Å². The molecule has 1 aliphatic rings. The Morgan fingerprint density at radius 2 is 2.10 bits per heavy atom. The summed E-state index contributed by atoms with van der Waals surface area (Å²) in [7, 11) is 0. The molecule has 21 heavy (non-hydrogen) atoms. The fourth-order valence-electron chi connectivity index (χ4n) is 1.91. The van der Waals surface area contributed by atoms with Crippen LogP contribution in [0.25, 0.3) is 6.08 Å². The fourth-order valence-corrected chi connectivity index (χ4v) is 2.57. The first kappa shape index (κ1) is 13.3. The van der Waals surface area contributed by atoms with E-state index in [1.165, 1.54) is 23.7 Å². The number of carbonyl (C=O) groups is 3. The topological polar surface area (TPSA) is 79.6 Å². The van der Waals surface area contributed by atoms with Crippen LogP contribution >= 0.6 is 11.3 Å². The minimum absolute atomic E-state index is 0.0211. The van der Waals surface area contributed by atoms with Gasteiger partial charge < -0.3 is 4.42 Å². The van der Waals surface area contributed by atoms with Gasteiger partial charge in [-0.15, -0.1) is 11.3 Å². The van der Waals surface area contributed by atoms with Crippen molar-refractivity contribution in [2.24, 2.45) is 0 Å². The zero-order valence-electron chi connectivity index (χ0n) is 10.7. The molecule has 106 valence electrons. The van der Waals surface area contributed by atoms with Gasteiger partial charge in [0.25, 0.3) is 11.8 Å². The highest BCUT2D eigenvalue weighted by Crippen LogP contribution is 2.19. The molecule has 0 aromatic carbocycles. The molecule has 2 aromatic rings. The molecule has 0 saturated carbocycles. The predicted octanol–water partition coefficient (Wildman–Crippen LogP) is 2.00. The smallest absolute Gasteiger partial charge is 0.331 e. The molecule has 3 rings (SSSR count). The molecule has 0 spiro atoms. The van der Waals surface area contributed by atoms with E-state index < -0.39 is 17.8 Å². The maximum absolute atomic E-state index is 12.3. The number of hydrogen-bond donors (Lipinski definition) is 1. The van der Waals surface area contributed by atoms with E-state index in [0.717, 1.165) is 9.78 Å². The van der Waals surface area contributed by atoms with Crippen LogP contribution in [-0.4, -0.2) is 22.7 Å². The summed E-state index contributed by atoms with van der Waals surface area (Å²) in [5.74, 6) is -0.856. The summed E-state index contributed by atoms with van der Waals surface area (Å²) in [5.41, 5.74) is -0.0661. The van der Waals surface area contributed by atoms with E-state index in [1.54, 1.807) is 18.2 Å². The van der Waals surface area contributed by atoms with E-state index >= 15 is 0 Å². The number of carbonyl (C=O) groups excluding carboxylic acids is 3. The number of hydrogen-bond acceptors (Lipinski definition) is 5. The summed E-state index contributed by atoms with van der Waals surface area (Å²) in [6, 6.07) is 6.17. The molecule has 0 atom stereocenters. The second-order valence-corrected chi connectivity index (χ2v) is 5.28. The van der Waals surface area contributed by atoms with Crippen LogP contribution in [0.4, 0.5) is 4.79 Å². The lowest BCUT2D eigenvalue weighted by Gasteiger charge is -2.25. The second-order valence-electron chi connectivity index (χ2n) is 4.30. The number of nitrogens with one attached hydrogen (secondary N) is 1. The maximum atomic E-state index is 12.3. The van der Waals surface area contributed by atoms with E-state index in [-0.39, 0.29) is 12.1 Å². The number of furan rings is 1. The molecule has 0 aliphatic carbocycles. The Bertz CT molecular complexity index is 716. The first-order chi connectivity index (χ1) is 10.1. The number of barbiturate groups is 1. The van der Waals surface area contributed by atoms with E-state index in [2.05, 4.69) is 5.32 Å². The van der Waals surface area contributed by atoms with Crippen LogP contribution in [0.1, 0.15) is 10.6 Å². The van der Waals surface area contributed by atoms with Crippen LogP contribution in [0.15, 0.2) is 45.9 Å². The third kappa shape index (κ3) is 2.63. The third-order valence-electron chi connectivity index (χ3n) is 2.91. The van der Waals surface area contributed by atoms with Gasteiger partial charge in [-0.05, 0) is 29.7 Å². The van der Waals surface area contributed by atoms with Gasteiger partial charge in [-0.2, -0.15) is 0 Å². The van der Waals surface area contributed by atoms with Crippen molar-refractivity contribution in [3.05, 3.63) is 52.1 Å². The fraction of sp³-hybridized carbons (Fsp3) is 0.0714. The van der Waals surface area contributed by atoms with Crippen LogP contribution in [0.2, 0.25) is 0 Å². The van der Waals surface area contributed by atoms with Crippen LogP contribution < -0.4 is 5.32 Å². The molecule has 2 aromatic heterocycles. The minimum Gasteiger partial charge on any atom is -0.467 e. The van der Waals surface area contributed by atoms with Gasteiger partial charge in [0.2, 0.25) is 0 Å². The molecule has 0 radical (unpaired) electrons. The molecular formula is C14H10N2O4S. The monoisotopic (exact) mass is 302 g/mol. The highest BCUT2D eigenvalue weighted by Gasteiger charge is 2.36. The summed E-state index contributed by atoms with van der Waals surface area (Å²) >= 11 is 1.40. The maximum Gasteiger partial charge on any atom is 0.331 e. The first-order valence-corrected chi connectivity index (χ1v) is 6.98. The summed E-state index contributed by atoms with van der Waals surface area (Å²) < 4.78 is 5.12. The molecule has 1 saturated heterocycles. The van der Waals surface area contributed by atoms with Gasteiger partial charge in [0.15, 0.2) is 0 Å². The molecular weight excluding hydrogens is 292 g/mol. The number of thiophene rings is 1. The van der Waals surface area contributed by atoms with Crippen molar-refractivity contribution < 1.29 is 18.8 Å². The molecule has 3 heterocycles. The van der Waals surface area contributed by atoms with Crippen molar-refractivity contribution in [3.63, 3.8) is 0 Å². The zero-order valence-corrected chi connectivity index (χ0v) is 11.6. The summed E-state index contributed by atoms with van der Waals surface area (Å²) in [6.45, 7) is -0.0211.